The minimum atomic E-state index is -0.0000173. The van der Waals surface area contributed by atoms with E-state index < -0.39 is 0 Å². The molecule has 22 heavy (non-hydrogen) atoms. The third kappa shape index (κ3) is 3.28. The number of nitrogens with one attached hydrogen (secondary N) is 1. The number of carbonyl (C=O) groups is 1. The summed E-state index contributed by atoms with van der Waals surface area (Å²) in [5.41, 5.74) is 4.03. The highest BCUT2D eigenvalue weighted by Gasteiger charge is 2.05. The van der Waals surface area contributed by atoms with E-state index in [0.29, 0.717) is 11.6 Å². The van der Waals surface area contributed by atoms with Gasteiger partial charge in [-0.2, -0.15) is 0 Å². The van der Waals surface area contributed by atoms with Crippen LogP contribution >= 0.6 is 11.6 Å². The van der Waals surface area contributed by atoms with Crippen LogP contribution in [0.4, 0.5) is 0 Å². The summed E-state index contributed by atoms with van der Waals surface area (Å²) in [5, 5.41) is 3.48. The molecule has 0 fully saturated rings. The van der Waals surface area contributed by atoms with Gasteiger partial charge in [0.1, 0.15) is 5.65 Å². The van der Waals surface area contributed by atoms with E-state index in [4.69, 9.17) is 11.6 Å². The Labute approximate surface area is 133 Å². The molecule has 0 saturated heterocycles. The van der Waals surface area contributed by atoms with E-state index in [2.05, 4.69) is 22.4 Å². The van der Waals surface area contributed by atoms with Gasteiger partial charge in [0.15, 0.2) is 0 Å². The van der Waals surface area contributed by atoms with Crippen molar-refractivity contribution in [1.82, 2.24) is 14.7 Å². The monoisotopic (exact) mass is 313 g/mol. The summed E-state index contributed by atoms with van der Waals surface area (Å²) in [4.78, 5) is 15.4. The molecule has 0 radical (unpaired) electrons. The molecule has 0 aliphatic carbocycles. The van der Waals surface area contributed by atoms with Gasteiger partial charge in [-0.05, 0) is 24.1 Å². The molecule has 1 amide bonds. The van der Waals surface area contributed by atoms with Crippen LogP contribution in [0.1, 0.15) is 12.5 Å². The van der Waals surface area contributed by atoms with E-state index in [-0.39, 0.29) is 5.91 Å². The quantitative estimate of drug-likeness (QED) is 0.803. The first-order valence-electron chi connectivity index (χ1n) is 7.10. The first-order chi connectivity index (χ1) is 10.6. The van der Waals surface area contributed by atoms with Crippen LogP contribution in [-0.2, 0) is 11.2 Å². The number of aromatic nitrogens is 2. The maximum atomic E-state index is 10.9. The Morgan fingerprint density at radius 1 is 1.18 bits per heavy atom. The standard InChI is InChI=1S/C17H16ClN3O/c1-12(22)19-9-8-13-2-4-14(5-3-13)16-11-21-10-15(18)6-7-17(21)20-16/h2-7,10-11H,8-9H2,1H3,(H,19,22). The van der Waals surface area contributed by atoms with Gasteiger partial charge in [-0.25, -0.2) is 4.98 Å². The third-order valence-electron chi connectivity index (χ3n) is 3.45. The number of hydrogen-bond acceptors (Lipinski definition) is 2. The Hall–Kier alpha value is -2.33. The first kappa shape index (κ1) is 14.6. The van der Waals surface area contributed by atoms with Gasteiger partial charge in [-0.3, -0.25) is 4.79 Å². The van der Waals surface area contributed by atoms with Gasteiger partial charge in [0.05, 0.1) is 10.7 Å². The van der Waals surface area contributed by atoms with Gasteiger partial charge in [-0.1, -0.05) is 35.9 Å². The smallest absolute Gasteiger partial charge is 0.216 e. The minimum absolute atomic E-state index is 0.0000173. The zero-order valence-electron chi connectivity index (χ0n) is 12.2. The van der Waals surface area contributed by atoms with Crippen LogP contribution in [0.15, 0.2) is 48.8 Å². The molecule has 0 aliphatic rings. The van der Waals surface area contributed by atoms with E-state index in [1.165, 1.54) is 12.5 Å². The molecule has 0 unspecified atom stereocenters. The number of hydrogen-bond donors (Lipinski definition) is 1. The van der Waals surface area contributed by atoms with Crippen LogP contribution in [0, 0.1) is 0 Å². The third-order valence-corrected chi connectivity index (χ3v) is 3.68. The van der Waals surface area contributed by atoms with Crippen LogP contribution in [0.5, 0.6) is 0 Å². The summed E-state index contributed by atoms with van der Waals surface area (Å²) in [7, 11) is 0. The van der Waals surface area contributed by atoms with Gasteiger partial charge in [-0.15, -0.1) is 0 Å². The molecule has 0 atom stereocenters. The van der Waals surface area contributed by atoms with Crippen LogP contribution in [0.25, 0.3) is 16.9 Å². The average Bonchev–Trinajstić information content (AvgIpc) is 2.90. The lowest BCUT2D eigenvalue weighted by Gasteiger charge is -2.03. The number of carbonyl (C=O) groups excluding carboxylic acids is 1. The fourth-order valence-electron chi connectivity index (χ4n) is 2.33. The Morgan fingerprint density at radius 3 is 2.68 bits per heavy atom. The van der Waals surface area contributed by atoms with Crippen molar-refractivity contribution in [3.05, 3.63) is 59.4 Å². The SMILES string of the molecule is CC(=O)NCCc1ccc(-c2cn3cc(Cl)ccc3n2)cc1. The van der Waals surface area contributed by atoms with E-state index in [9.17, 15) is 4.79 Å². The molecule has 0 aliphatic heterocycles. The first-order valence-corrected chi connectivity index (χ1v) is 7.47. The fraction of sp³-hybridized carbons (Fsp3) is 0.176. The summed E-state index contributed by atoms with van der Waals surface area (Å²) in [6.07, 6.45) is 4.63. The van der Waals surface area contributed by atoms with Crippen molar-refractivity contribution < 1.29 is 4.79 Å². The molecular formula is C17H16ClN3O. The number of amides is 1. The number of nitrogens with zero attached hydrogens (tertiary/aromatic N) is 2. The lowest BCUT2D eigenvalue weighted by molar-refractivity contribution is -0.118. The number of halogens is 1. The van der Waals surface area contributed by atoms with Crippen molar-refractivity contribution in [3.8, 4) is 11.3 Å². The molecule has 4 nitrogen and oxygen atoms in total. The zero-order chi connectivity index (χ0) is 15.5. The van der Waals surface area contributed by atoms with Gasteiger partial charge in [0.25, 0.3) is 0 Å². The predicted molar refractivity (Wildman–Crippen MR) is 88.0 cm³/mol. The number of fused-ring (bicyclic) bond motifs is 1. The highest BCUT2D eigenvalue weighted by molar-refractivity contribution is 6.30. The maximum Gasteiger partial charge on any atom is 0.216 e. The van der Waals surface area contributed by atoms with E-state index in [1.807, 2.05) is 41.1 Å². The molecule has 0 spiro atoms. The maximum absolute atomic E-state index is 10.9. The Morgan fingerprint density at radius 2 is 1.95 bits per heavy atom. The molecule has 5 heteroatoms. The van der Waals surface area contributed by atoms with Crippen LogP contribution < -0.4 is 5.32 Å². The van der Waals surface area contributed by atoms with Crippen molar-refractivity contribution in [2.75, 3.05) is 6.54 Å². The molecular weight excluding hydrogens is 298 g/mol. The summed E-state index contributed by atoms with van der Waals surface area (Å²) < 4.78 is 1.92. The van der Waals surface area contributed by atoms with Gasteiger partial charge in [0.2, 0.25) is 5.91 Å². The summed E-state index contributed by atoms with van der Waals surface area (Å²) in [6, 6.07) is 12.0. The molecule has 1 aromatic carbocycles. The van der Waals surface area contributed by atoms with Crippen molar-refractivity contribution in [2.45, 2.75) is 13.3 Å². The van der Waals surface area contributed by atoms with Crippen molar-refractivity contribution >= 4 is 23.2 Å². The normalized spacial score (nSPS) is 10.8. The minimum Gasteiger partial charge on any atom is -0.356 e. The second kappa shape index (κ2) is 6.20. The van der Waals surface area contributed by atoms with Gasteiger partial charge in [0, 0.05) is 31.4 Å². The molecule has 3 aromatic rings. The number of imidazole rings is 1. The van der Waals surface area contributed by atoms with Gasteiger partial charge < -0.3 is 9.72 Å². The predicted octanol–water partition coefficient (Wildman–Crippen LogP) is 3.33. The highest BCUT2D eigenvalue weighted by Crippen LogP contribution is 2.21. The van der Waals surface area contributed by atoms with E-state index in [0.717, 1.165) is 23.3 Å². The molecule has 3 rings (SSSR count). The second-order valence-corrected chi connectivity index (χ2v) is 5.61. The number of pyridine rings is 1. The molecule has 112 valence electrons. The van der Waals surface area contributed by atoms with Gasteiger partial charge >= 0.3 is 0 Å². The molecule has 2 heterocycles. The zero-order valence-corrected chi connectivity index (χ0v) is 13.0. The number of benzene rings is 1. The van der Waals surface area contributed by atoms with Crippen LogP contribution in [0.3, 0.4) is 0 Å². The highest BCUT2D eigenvalue weighted by atomic mass is 35.5. The van der Waals surface area contributed by atoms with Crippen molar-refractivity contribution in [3.63, 3.8) is 0 Å². The topological polar surface area (TPSA) is 46.4 Å². The summed E-state index contributed by atoms with van der Waals surface area (Å²) in [6.45, 7) is 2.18. The molecule has 1 N–H and O–H groups in total. The number of rotatable bonds is 4. The lowest BCUT2D eigenvalue weighted by Crippen LogP contribution is -2.22. The summed E-state index contributed by atoms with van der Waals surface area (Å²) in [5.74, 6) is -0.0000173. The molecule has 0 bridgehead atoms. The lowest BCUT2D eigenvalue weighted by atomic mass is 10.1. The average molecular weight is 314 g/mol. The van der Waals surface area contributed by atoms with Crippen molar-refractivity contribution in [1.29, 1.82) is 0 Å². The second-order valence-electron chi connectivity index (χ2n) is 5.17. The molecule has 2 aromatic heterocycles. The van der Waals surface area contributed by atoms with E-state index >= 15 is 0 Å². The molecule has 0 saturated carbocycles. The largest absolute Gasteiger partial charge is 0.356 e. The Kier molecular flexibility index (Phi) is 4.11. The Bertz CT molecular complexity index is 808. The fourth-order valence-corrected chi connectivity index (χ4v) is 2.50. The van der Waals surface area contributed by atoms with E-state index in [1.54, 1.807) is 0 Å². The van der Waals surface area contributed by atoms with Crippen molar-refractivity contribution in [2.24, 2.45) is 0 Å². The Balaban J connectivity index is 1.77. The van der Waals surface area contributed by atoms with Crippen LogP contribution in [0.2, 0.25) is 5.02 Å². The summed E-state index contributed by atoms with van der Waals surface area (Å²) >= 11 is 5.99. The van der Waals surface area contributed by atoms with Crippen LogP contribution in [-0.4, -0.2) is 21.8 Å².